The van der Waals surface area contributed by atoms with Crippen LogP contribution in [0.5, 0.6) is 0 Å². The van der Waals surface area contributed by atoms with Crippen molar-refractivity contribution in [3.05, 3.63) is 35.9 Å². The third-order valence-electron chi connectivity index (χ3n) is 3.94. The standard InChI is InChI=1S/C17H25N3OS2/c1-13(2)18-16(21)12-19-8-9-20(17(22)23)15(11-19)10-14-6-4-3-5-7-14/h3-7,13,15H,8-12H2,1-2H3,(H,18,21)(H,22,23). The summed E-state index contributed by atoms with van der Waals surface area (Å²) in [5.41, 5.74) is 1.28. The smallest absolute Gasteiger partial charge is 0.234 e. The molecule has 1 saturated heterocycles. The first kappa shape index (κ1) is 18.2. The van der Waals surface area contributed by atoms with Crippen LogP contribution in [0, 0.1) is 0 Å². The highest BCUT2D eigenvalue weighted by Crippen LogP contribution is 2.17. The molecular formula is C17H25N3OS2. The molecule has 1 fully saturated rings. The number of carbonyl (C=O) groups excluding carboxylic acids is 1. The lowest BCUT2D eigenvalue weighted by atomic mass is 10.0. The average Bonchev–Trinajstić information content (AvgIpc) is 2.47. The van der Waals surface area contributed by atoms with Gasteiger partial charge in [0.25, 0.3) is 0 Å². The molecular weight excluding hydrogens is 326 g/mol. The van der Waals surface area contributed by atoms with E-state index in [9.17, 15) is 4.79 Å². The van der Waals surface area contributed by atoms with Crippen LogP contribution in [0.3, 0.4) is 0 Å². The van der Waals surface area contributed by atoms with Gasteiger partial charge in [0.2, 0.25) is 5.91 Å². The van der Waals surface area contributed by atoms with Crippen molar-refractivity contribution in [3.8, 4) is 0 Å². The number of thiol groups is 1. The van der Waals surface area contributed by atoms with E-state index in [1.165, 1.54) is 5.56 Å². The molecule has 1 aliphatic heterocycles. The van der Waals surface area contributed by atoms with Gasteiger partial charge in [0.15, 0.2) is 0 Å². The van der Waals surface area contributed by atoms with E-state index in [0.29, 0.717) is 10.9 Å². The minimum atomic E-state index is 0.0837. The van der Waals surface area contributed by atoms with E-state index in [-0.39, 0.29) is 18.0 Å². The molecule has 1 amide bonds. The lowest BCUT2D eigenvalue weighted by Gasteiger charge is -2.42. The van der Waals surface area contributed by atoms with E-state index in [4.69, 9.17) is 12.2 Å². The van der Waals surface area contributed by atoms with Crippen LogP contribution in [-0.4, -0.2) is 58.3 Å². The number of nitrogens with one attached hydrogen (secondary N) is 1. The minimum absolute atomic E-state index is 0.0837. The maximum absolute atomic E-state index is 12.0. The second-order valence-corrected chi connectivity index (χ2v) is 7.39. The first-order valence-corrected chi connectivity index (χ1v) is 8.86. The van der Waals surface area contributed by atoms with Crippen LogP contribution < -0.4 is 5.32 Å². The number of hydrogen-bond donors (Lipinski definition) is 2. The lowest BCUT2D eigenvalue weighted by molar-refractivity contribution is -0.123. The molecule has 23 heavy (non-hydrogen) atoms. The third-order valence-corrected chi connectivity index (χ3v) is 4.43. The molecule has 0 aliphatic carbocycles. The Hall–Kier alpha value is -1.11. The highest BCUT2D eigenvalue weighted by molar-refractivity contribution is 8.10. The van der Waals surface area contributed by atoms with E-state index >= 15 is 0 Å². The molecule has 0 radical (unpaired) electrons. The topological polar surface area (TPSA) is 35.6 Å². The van der Waals surface area contributed by atoms with Crippen molar-refractivity contribution in [1.29, 1.82) is 0 Å². The molecule has 0 aromatic heterocycles. The highest BCUT2D eigenvalue weighted by Gasteiger charge is 2.28. The number of amides is 1. The Labute approximate surface area is 149 Å². The van der Waals surface area contributed by atoms with Crippen molar-refractivity contribution in [2.45, 2.75) is 32.4 Å². The number of rotatable bonds is 5. The van der Waals surface area contributed by atoms with Crippen molar-refractivity contribution >= 4 is 35.1 Å². The van der Waals surface area contributed by atoms with Gasteiger partial charge in [-0.05, 0) is 25.8 Å². The summed E-state index contributed by atoms with van der Waals surface area (Å²) in [6.45, 7) is 6.87. The SMILES string of the molecule is CC(C)NC(=O)CN1CCN(C(=S)S)C(Cc2ccccc2)C1. The zero-order chi connectivity index (χ0) is 16.8. The van der Waals surface area contributed by atoms with Crippen LogP contribution in [0.1, 0.15) is 19.4 Å². The van der Waals surface area contributed by atoms with Crippen molar-refractivity contribution in [2.24, 2.45) is 0 Å². The predicted molar refractivity (Wildman–Crippen MR) is 102 cm³/mol. The summed E-state index contributed by atoms with van der Waals surface area (Å²) < 4.78 is 0.636. The average molecular weight is 352 g/mol. The van der Waals surface area contributed by atoms with E-state index in [0.717, 1.165) is 26.1 Å². The molecule has 1 aliphatic rings. The van der Waals surface area contributed by atoms with Gasteiger partial charge in [-0.25, -0.2) is 0 Å². The van der Waals surface area contributed by atoms with Gasteiger partial charge in [0.1, 0.15) is 4.32 Å². The summed E-state index contributed by atoms with van der Waals surface area (Å²) in [6, 6.07) is 10.8. The molecule has 0 spiro atoms. The summed E-state index contributed by atoms with van der Waals surface area (Å²) in [5, 5.41) is 2.95. The molecule has 0 saturated carbocycles. The molecule has 126 valence electrons. The van der Waals surface area contributed by atoms with Gasteiger partial charge >= 0.3 is 0 Å². The van der Waals surface area contributed by atoms with E-state index in [1.54, 1.807) is 0 Å². The Morgan fingerprint density at radius 3 is 2.65 bits per heavy atom. The Kier molecular flexibility index (Phi) is 6.87. The number of nitrogens with zero attached hydrogens (tertiary/aromatic N) is 2. The maximum atomic E-state index is 12.0. The molecule has 2 rings (SSSR count). The van der Waals surface area contributed by atoms with Gasteiger partial charge in [0, 0.05) is 31.7 Å². The van der Waals surface area contributed by atoms with Gasteiger partial charge in [-0.3, -0.25) is 9.69 Å². The minimum Gasteiger partial charge on any atom is -0.353 e. The molecule has 1 heterocycles. The quantitative estimate of drug-likeness (QED) is 0.628. The molecule has 1 N–H and O–H groups in total. The summed E-state index contributed by atoms with van der Waals surface area (Å²) >= 11 is 9.66. The largest absolute Gasteiger partial charge is 0.353 e. The fraction of sp³-hybridized carbons (Fsp3) is 0.529. The van der Waals surface area contributed by atoms with Gasteiger partial charge in [-0.15, -0.1) is 12.6 Å². The normalized spacial score (nSPS) is 19.0. The molecule has 1 unspecified atom stereocenters. The Balaban J connectivity index is 1.99. The van der Waals surface area contributed by atoms with Gasteiger partial charge in [-0.2, -0.15) is 0 Å². The number of piperazine rings is 1. The molecule has 1 aromatic carbocycles. The lowest BCUT2D eigenvalue weighted by Crippen LogP contribution is -2.56. The maximum Gasteiger partial charge on any atom is 0.234 e. The fourth-order valence-corrected chi connectivity index (χ4v) is 3.45. The van der Waals surface area contributed by atoms with Gasteiger partial charge < -0.3 is 10.2 Å². The number of hydrogen-bond acceptors (Lipinski definition) is 3. The Morgan fingerprint density at radius 2 is 2.04 bits per heavy atom. The molecule has 4 nitrogen and oxygen atoms in total. The van der Waals surface area contributed by atoms with Crippen LogP contribution in [0.2, 0.25) is 0 Å². The van der Waals surface area contributed by atoms with E-state index < -0.39 is 0 Å². The van der Waals surface area contributed by atoms with Crippen LogP contribution in [-0.2, 0) is 11.2 Å². The predicted octanol–water partition coefficient (Wildman–Crippen LogP) is 1.95. The Morgan fingerprint density at radius 1 is 1.35 bits per heavy atom. The number of thiocarbonyl (C=S) groups is 1. The zero-order valence-corrected chi connectivity index (χ0v) is 15.4. The monoisotopic (exact) mass is 351 g/mol. The van der Waals surface area contributed by atoms with Gasteiger partial charge in [-0.1, -0.05) is 42.5 Å². The summed E-state index contributed by atoms with van der Waals surface area (Å²) in [6.07, 6.45) is 0.907. The highest BCUT2D eigenvalue weighted by atomic mass is 32.1. The third kappa shape index (κ3) is 5.79. The summed E-state index contributed by atoms with van der Waals surface area (Å²) in [4.78, 5) is 16.4. The van der Waals surface area contributed by atoms with E-state index in [1.807, 2.05) is 19.9 Å². The molecule has 0 bridgehead atoms. The van der Waals surface area contributed by atoms with E-state index in [2.05, 4.69) is 52.0 Å². The van der Waals surface area contributed by atoms with Crippen LogP contribution in [0.4, 0.5) is 0 Å². The van der Waals surface area contributed by atoms with Crippen molar-refractivity contribution in [2.75, 3.05) is 26.2 Å². The van der Waals surface area contributed by atoms with Crippen LogP contribution in [0.15, 0.2) is 30.3 Å². The van der Waals surface area contributed by atoms with Gasteiger partial charge in [0.05, 0.1) is 6.54 Å². The molecule has 1 atom stereocenters. The van der Waals surface area contributed by atoms with Crippen LogP contribution >= 0.6 is 24.8 Å². The molecule has 1 aromatic rings. The first-order chi connectivity index (χ1) is 11.0. The zero-order valence-electron chi connectivity index (χ0n) is 13.7. The fourth-order valence-electron chi connectivity index (χ4n) is 2.95. The summed E-state index contributed by atoms with van der Waals surface area (Å²) in [5.74, 6) is 0.0837. The van der Waals surface area contributed by atoms with Crippen LogP contribution in [0.25, 0.3) is 0 Å². The number of benzene rings is 1. The second kappa shape index (κ2) is 8.66. The Bertz CT molecular complexity index is 536. The molecule has 6 heteroatoms. The first-order valence-electron chi connectivity index (χ1n) is 8.01. The van der Waals surface area contributed by atoms with Crippen molar-refractivity contribution in [1.82, 2.24) is 15.1 Å². The van der Waals surface area contributed by atoms with Crippen molar-refractivity contribution < 1.29 is 4.79 Å². The van der Waals surface area contributed by atoms with Crippen molar-refractivity contribution in [3.63, 3.8) is 0 Å². The summed E-state index contributed by atoms with van der Waals surface area (Å²) in [7, 11) is 0. The number of carbonyl (C=O) groups is 1. The second-order valence-electron chi connectivity index (χ2n) is 6.28.